The maximum Gasteiger partial charge on any atom is 0.534 e. The largest absolute Gasteiger partial charge is 0.534 e. The molecule has 8 unspecified atom stereocenters. The quantitative estimate of drug-likeness (QED) is 0.206. The molecule has 9 heteroatoms. The summed E-state index contributed by atoms with van der Waals surface area (Å²) in [6.45, 7) is 15.8. The van der Waals surface area contributed by atoms with Gasteiger partial charge in [-0.15, -0.1) is 0 Å². The number of rotatable bonds is 3. The van der Waals surface area contributed by atoms with Crippen LogP contribution in [0.2, 0.25) is 0 Å². The first-order valence-electron chi connectivity index (χ1n) is 14.8. The molecule has 226 valence electrons. The second-order valence-electron chi connectivity index (χ2n) is 15.1. The molecule has 0 radical (unpaired) electrons. The maximum absolute atomic E-state index is 13.3. The van der Waals surface area contributed by atoms with E-state index in [1.165, 1.54) is 5.57 Å². The highest BCUT2D eigenvalue weighted by Gasteiger charge is 2.72. The molecule has 0 spiro atoms. The van der Waals surface area contributed by atoms with E-state index >= 15 is 0 Å². The number of carboxylic acids is 1. The first kappa shape index (κ1) is 30.0. The minimum Gasteiger partial charge on any atom is -0.481 e. The molecule has 5 aliphatic rings. The summed E-state index contributed by atoms with van der Waals surface area (Å²) in [5.74, 6) is 0.601. The van der Waals surface area contributed by atoms with Crippen LogP contribution in [0.25, 0.3) is 0 Å². The first-order chi connectivity index (χ1) is 18.2. The van der Waals surface area contributed by atoms with Gasteiger partial charge in [-0.1, -0.05) is 60.1 Å². The first-order valence-corrected chi connectivity index (χ1v) is 16.3. The fraction of sp³-hybridized carbons (Fsp3) is 0.839. The Bertz CT molecular complexity index is 1240. The van der Waals surface area contributed by atoms with E-state index in [1.54, 1.807) is 6.08 Å². The average molecular weight is 587 g/mol. The Balaban J connectivity index is 1.47. The Morgan fingerprint density at radius 3 is 2.17 bits per heavy atom. The molecule has 40 heavy (non-hydrogen) atoms. The van der Waals surface area contributed by atoms with Crippen molar-refractivity contribution in [3.8, 4) is 0 Å². The summed E-state index contributed by atoms with van der Waals surface area (Å²) in [7, 11) is -5.66. The van der Waals surface area contributed by atoms with Gasteiger partial charge < -0.3 is 9.29 Å². The van der Waals surface area contributed by atoms with Crippen molar-refractivity contribution in [3.05, 3.63) is 23.5 Å². The van der Waals surface area contributed by atoms with Crippen molar-refractivity contribution in [2.75, 3.05) is 0 Å². The molecule has 8 atom stereocenters. The topological polar surface area (TPSA) is 80.7 Å². The van der Waals surface area contributed by atoms with Crippen LogP contribution in [0, 0.1) is 63.1 Å². The van der Waals surface area contributed by atoms with Gasteiger partial charge in [-0.2, -0.15) is 21.6 Å². The van der Waals surface area contributed by atoms with Crippen LogP contribution in [0.1, 0.15) is 93.4 Å². The summed E-state index contributed by atoms with van der Waals surface area (Å²) < 4.78 is 66.3. The molecule has 0 aromatic rings. The van der Waals surface area contributed by atoms with Gasteiger partial charge >= 0.3 is 21.6 Å². The lowest BCUT2D eigenvalue weighted by Gasteiger charge is -2.71. The summed E-state index contributed by atoms with van der Waals surface area (Å²) in [6, 6.07) is 0. The Hall–Kier alpha value is -1.51. The van der Waals surface area contributed by atoms with Crippen molar-refractivity contribution >= 4 is 16.1 Å². The van der Waals surface area contributed by atoms with Gasteiger partial charge in [-0.25, -0.2) is 0 Å². The molecule has 0 amide bonds. The second kappa shape index (κ2) is 9.00. The zero-order valence-electron chi connectivity index (χ0n) is 24.8. The number of alkyl halides is 3. The number of allylic oxidation sites excluding steroid dienone is 4. The van der Waals surface area contributed by atoms with Gasteiger partial charge in [0.05, 0.1) is 5.41 Å². The lowest BCUT2D eigenvalue weighted by Crippen LogP contribution is -2.69. The average Bonchev–Trinajstić information content (AvgIpc) is 2.84. The van der Waals surface area contributed by atoms with Crippen LogP contribution >= 0.6 is 0 Å². The lowest BCUT2D eigenvalue weighted by atomic mass is 9.32. The smallest absolute Gasteiger partial charge is 0.481 e. The number of carboxylic acid groups (broad SMARTS) is 1. The van der Waals surface area contributed by atoms with E-state index in [-0.39, 0.29) is 52.1 Å². The number of hydrogen-bond acceptors (Lipinski definition) is 4. The van der Waals surface area contributed by atoms with E-state index in [2.05, 4.69) is 58.7 Å². The van der Waals surface area contributed by atoms with Gasteiger partial charge in [-0.3, -0.25) is 4.79 Å². The predicted octanol–water partition coefficient (Wildman–Crippen LogP) is 7.94. The molecule has 5 aliphatic carbocycles. The van der Waals surface area contributed by atoms with Crippen LogP contribution in [-0.2, 0) is 19.1 Å². The molecule has 0 heterocycles. The normalized spacial score (nSPS) is 41.7. The molecule has 0 bridgehead atoms. The number of aliphatic carboxylic acids is 1. The Morgan fingerprint density at radius 1 is 0.950 bits per heavy atom. The van der Waals surface area contributed by atoms with E-state index in [1.807, 2.05) is 0 Å². The third-order valence-corrected chi connectivity index (χ3v) is 14.6. The van der Waals surface area contributed by atoms with Crippen LogP contribution in [0.4, 0.5) is 13.2 Å². The molecule has 0 aromatic carbocycles. The van der Waals surface area contributed by atoms with Crippen molar-refractivity contribution < 1.29 is 35.7 Å². The minimum atomic E-state index is -5.66. The van der Waals surface area contributed by atoms with Gasteiger partial charge in [-0.05, 0) is 96.4 Å². The maximum atomic E-state index is 13.3. The van der Waals surface area contributed by atoms with Crippen LogP contribution < -0.4 is 0 Å². The summed E-state index contributed by atoms with van der Waals surface area (Å²) >= 11 is 0. The highest BCUT2D eigenvalue weighted by Crippen LogP contribution is 2.75. The van der Waals surface area contributed by atoms with Gasteiger partial charge in [0.1, 0.15) is 5.76 Å². The van der Waals surface area contributed by atoms with Gasteiger partial charge in [0.25, 0.3) is 0 Å². The summed E-state index contributed by atoms with van der Waals surface area (Å²) in [6.07, 6.45) is 8.70. The van der Waals surface area contributed by atoms with Crippen molar-refractivity contribution in [1.82, 2.24) is 0 Å². The summed E-state index contributed by atoms with van der Waals surface area (Å²) in [4.78, 5) is 13.3. The summed E-state index contributed by atoms with van der Waals surface area (Å²) in [5, 5.41) is 10.9. The molecular weight excluding hydrogens is 541 g/mol. The van der Waals surface area contributed by atoms with E-state index in [9.17, 15) is 31.5 Å². The Morgan fingerprint density at radius 2 is 1.57 bits per heavy atom. The van der Waals surface area contributed by atoms with Gasteiger partial charge in [0, 0.05) is 12.3 Å². The zero-order chi connectivity index (χ0) is 29.8. The third kappa shape index (κ3) is 3.83. The molecular formula is C31H45F3O5S. The van der Waals surface area contributed by atoms with Gasteiger partial charge in [0.2, 0.25) is 0 Å². The Labute approximate surface area is 237 Å². The molecule has 0 aliphatic heterocycles. The molecule has 0 saturated heterocycles. The number of carbonyl (C=O) groups is 1. The number of hydrogen-bond donors (Lipinski definition) is 1. The van der Waals surface area contributed by atoms with Crippen molar-refractivity contribution in [2.45, 2.75) is 98.9 Å². The SMILES string of the molecule is CC1C2(C(=O)O)CCC3C(=CCC4C5CC=C(OS(=O)(=O)C(F)(F)F)CC5CCC34)C2C(C)(C)C(C)(C)C1(C)C. The summed E-state index contributed by atoms with van der Waals surface area (Å²) in [5.41, 5.74) is -5.46. The fourth-order valence-corrected chi connectivity index (χ4v) is 10.9. The van der Waals surface area contributed by atoms with Crippen molar-refractivity contribution in [1.29, 1.82) is 0 Å². The molecule has 5 rings (SSSR count). The minimum absolute atomic E-state index is 0.00397. The Kier molecular flexibility index (Phi) is 6.74. The van der Waals surface area contributed by atoms with E-state index in [0.717, 1.165) is 25.7 Å². The van der Waals surface area contributed by atoms with E-state index in [0.29, 0.717) is 30.6 Å². The van der Waals surface area contributed by atoms with Crippen molar-refractivity contribution in [2.24, 2.45) is 63.1 Å². The third-order valence-electron chi connectivity index (χ3n) is 13.6. The monoisotopic (exact) mass is 586 g/mol. The van der Waals surface area contributed by atoms with Crippen LogP contribution in [0.3, 0.4) is 0 Å². The number of fused-ring (bicyclic) bond motifs is 7. The van der Waals surface area contributed by atoms with Crippen LogP contribution in [-0.4, -0.2) is 25.0 Å². The second-order valence-corrected chi connectivity index (χ2v) is 16.6. The standard InChI is InChI=1S/C31H45F3O5S/c1-17-27(2,3)29(6,7)28(4,5)25-24-13-12-21-20-11-9-19(39-40(37,38)31(32,33)34)16-18(20)8-10-22(21)23(24)14-15-30(17,25)26(35)36/h9,13,17-18,20-23,25H,8,10-12,14-16H2,1-7H3,(H,35,36). The van der Waals surface area contributed by atoms with Crippen LogP contribution in [0.15, 0.2) is 23.5 Å². The molecule has 5 nitrogen and oxygen atoms in total. The molecule has 1 N–H and O–H groups in total. The molecule has 0 aromatic heterocycles. The predicted molar refractivity (Wildman–Crippen MR) is 146 cm³/mol. The zero-order valence-corrected chi connectivity index (χ0v) is 25.6. The van der Waals surface area contributed by atoms with Crippen molar-refractivity contribution in [3.63, 3.8) is 0 Å². The molecule has 3 fully saturated rings. The van der Waals surface area contributed by atoms with E-state index < -0.39 is 27.0 Å². The van der Waals surface area contributed by atoms with E-state index in [4.69, 9.17) is 0 Å². The lowest BCUT2D eigenvalue weighted by molar-refractivity contribution is -0.227. The highest BCUT2D eigenvalue weighted by atomic mass is 32.2. The highest BCUT2D eigenvalue weighted by molar-refractivity contribution is 7.87. The van der Waals surface area contributed by atoms with Crippen LogP contribution in [0.5, 0.6) is 0 Å². The number of halogens is 3. The van der Waals surface area contributed by atoms with Gasteiger partial charge in [0.15, 0.2) is 0 Å². The fourth-order valence-electron chi connectivity index (χ4n) is 10.4. The molecule has 3 saturated carbocycles.